The first-order valence-electron chi connectivity index (χ1n) is 5.87. The smallest absolute Gasteiger partial charge is 0.133 e. The molecule has 0 aliphatic heterocycles. The SMILES string of the molecule is CC(C)(O[P+](=O)O)c1ccccc1C(C)(C)O[P+](=O)O. The molecule has 2 atom stereocenters. The highest BCUT2D eigenvalue weighted by Crippen LogP contribution is 2.42. The van der Waals surface area contributed by atoms with E-state index < -0.39 is 27.7 Å². The van der Waals surface area contributed by atoms with Crippen molar-refractivity contribution >= 4 is 16.5 Å². The standard InChI is InChI=1S/C12H16O6P2/c1-11(2,17-19(13)14)9-7-5-6-8-10(9)12(3,4)18-20(15)16/h5-8H,1-4H3/p+2. The molecule has 0 spiro atoms. The van der Waals surface area contributed by atoms with Crippen LogP contribution in [0.2, 0.25) is 0 Å². The van der Waals surface area contributed by atoms with E-state index in [1.807, 2.05) is 0 Å². The van der Waals surface area contributed by atoms with Crippen LogP contribution in [0.25, 0.3) is 0 Å². The summed E-state index contributed by atoms with van der Waals surface area (Å²) in [6, 6.07) is 6.96. The average Bonchev–Trinajstić information content (AvgIpc) is 2.25. The number of hydrogen-bond acceptors (Lipinski definition) is 4. The molecule has 0 radical (unpaired) electrons. The number of hydrogen-bond donors (Lipinski definition) is 2. The zero-order chi connectivity index (χ0) is 15.6. The maximum absolute atomic E-state index is 10.9. The monoisotopic (exact) mass is 320 g/mol. The molecular formula is C12H18O6P2+2. The highest BCUT2D eigenvalue weighted by atomic mass is 31.1. The van der Waals surface area contributed by atoms with Crippen LogP contribution in [0, 0.1) is 0 Å². The molecule has 0 saturated carbocycles. The molecule has 1 rings (SSSR count). The highest BCUT2D eigenvalue weighted by Gasteiger charge is 2.41. The second-order valence-electron chi connectivity index (χ2n) is 5.22. The van der Waals surface area contributed by atoms with E-state index in [9.17, 15) is 9.13 Å². The fraction of sp³-hybridized carbons (Fsp3) is 0.500. The van der Waals surface area contributed by atoms with Crippen LogP contribution in [0.15, 0.2) is 24.3 Å². The third-order valence-corrected chi connectivity index (χ3v) is 4.06. The Hall–Kier alpha value is -0.740. The summed E-state index contributed by atoms with van der Waals surface area (Å²) in [7, 11) is -5.55. The Morgan fingerprint density at radius 3 is 1.40 bits per heavy atom. The molecule has 1 aromatic rings. The summed E-state index contributed by atoms with van der Waals surface area (Å²) in [6.07, 6.45) is 0. The largest absolute Gasteiger partial charge is 0.695 e. The van der Waals surface area contributed by atoms with E-state index in [1.54, 1.807) is 52.0 Å². The molecule has 1 aromatic carbocycles. The first-order valence-corrected chi connectivity index (χ1v) is 8.13. The van der Waals surface area contributed by atoms with Crippen LogP contribution in [0.4, 0.5) is 0 Å². The molecule has 6 nitrogen and oxygen atoms in total. The van der Waals surface area contributed by atoms with E-state index in [1.165, 1.54) is 0 Å². The van der Waals surface area contributed by atoms with Crippen LogP contribution in [0.5, 0.6) is 0 Å². The molecule has 0 bridgehead atoms. The summed E-state index contributed by atoms with van der Waals surface area (Å²) in [5.41, 5.74) is -0.861. The van der Waals surface area contributed by atoms with Crippen LogP contribution in [0.3, 0.4) is 0 Å². The summed E-state index contributed by atoms with van der Waals surface area (Å²) >= 11 is 0. The van der Waals surface area contributed by atoms with Gasteiger partial charge in [-0.2, -0.15) is 0 Å². The van der Waals surface area contributed by atoms with Crippen molar-refractivity contribution in [2.75, 3.05) is 0 Å². The molecule has 8 heteroatoms. The molecule has 0 aliphatic carbocycles. The first-order chi connectivity index (χ1) is 9.06. The topological polar surface area (TPSA) is 93.1 Å². The minimum absolute atomic E-state index is 0.610. The van der Waals surface area contributed by atoms with Crippen molar-refractivity contribution in [3.05, 3.63) is 35.4 Å². The van der Waals surface area contributed by atoms with E-state index >= 15 is 0 Å². The molecule has 2 unspecified atom stereocenters. The van der Waals surface area contributed by atoms with Gasteiger partial charge < -0.3 is 0 Å². The van der Waals surface area contributed by atoms with Crippen LogP contribution in [-0.4, -0.2) is 9.79 Å². The average molecular weight is 320 g/mol. The zero-order valence-corrected chi connectivity index (χ0v) is 13.5. The Bertz CT molecular complexity index is 479. The first kappa shape index (κ1) is 17.3. The zero-order valence-electron chi connectivity index (χ0n) is 11.7. The third-order valence-electron chi connectivity index (χ3n) is 2.84. The molecule has 0 amide bonds. The van der Waals surface area contributed by atoms with Gasteiger partial charge in [-0.05, 0) is 38.8 Å². The molecule has 2 N–H and O–H groups in total. The molecular weight excluding hydrogens is 302 g/mol. The van der Waals surface area contributed by atoms with Gasteiger partial charge in [-0.1, -0.05) is 24.3 Å². The van der Waals surface area contributed by atoms with Crippen molar-refractivity contribution in [2.24, 2.45) is 0 Å². The predicted octanol–water partition coefficient (Wildman–Crippen LogP) is 3.49. The normalized spacial score (nSPS) is 14.1. The van der Waals surface area contributed by atoms with E-state index in [2.05, 4.69) is 0 Å². The highest BCUT2D eigenvalue weighted by molar-refractivity contribution is 7.32. The van der Waals surface area contributed by atoms with Crippen molar-refractivity contribution in [2.45, 2.75) is 38.9 Å². The predicted molar refractivity (Wildman–Crippen MR) is 74.3 cm³/mol. The Morgan fingerprint density at radius 2 is 1.15 bits per heavy atom. The Morgan fingerprint density at radius 1 is 0.850 bits per heavy atom. The van der Waals surface area contributed by atoms with Gasteiger partial charge in [0.15, 0.2) is 0 Å². The molecule has 0 heterocycles. The Labute approximate surface area is 119 Å². The summed E-state index contributed by atoms with van der Waals surface area (Å²) < 4.78 is 31.9. The van der Waals surface area contributed by atoms with Crippen LogP contribution in [0.1, 0.15) is 38.8 Å². The van der Waals surface area contributed by atoms with Gasteiger partial charge >= 0.3 is 16.5 Å². The minimum atomic E-state index is -2.77. The van der Waals surface area contributed by atoms with Gasteiger partial charge in [0, 0.05) is 9.13 Å². The van der Waals surface area contributed by atoms with E-state index in [0.29, 0.717) is 11.1 Å². The van der Waals surface area contributed by atoms with E-state index in [4.69, 9.17) is 18.8 Å². The fourth-order valence-electron chi connectivity index (χ4n) is 2.02. The van der Waals surface area contributed by atoms with Gasteiger partial charge in [0.2, 0.25) is 0 Å². The quantitative estimate of drug-likeness (QED) is 0.779. The van der Waals surface area contributed by atoms with Gasteiger partial charge in [-0.25, -0.2) is 0 Å². The maximum Gasteiger partial charge on any atom is 0.695 e. The molecule has 0 fully saturated rings. The van der Waals surface area contributed by atoms with Crippen molar-refractivity contribution in [3.63, 3.8) is 0 Å². The van der Waals surface area contributed by atoms with Crippen molar-refractivity contribution in [1.29, 1.82) is 0 Å². The van der Waals surface area contributed by atoms with Gasteiger partial charge in [0.05, 0.1) is 0 Å². The lowest BCUT2D eigenvalue weighted by Crippen LogP contribution is -2.27. The summed E-state index contributed by atoms with van der Waals surface area (Å²) in [6.45, 7) is 6.57. The van der Waals surface area contributed by atoms with Crippen molar-refractivity contribution in [3.8, 4) is 0 Å². The van der Waals surface area contributed by atoms with Crippen LogP contribution in [-0.2, 0) is 29.4 Å². The van der Waals surface area contributed by atoms with Crippen molar-refractivity contribution < 1.29 is 28.0 Å². The number of benzene rings is 1. The van der Waals surface area contributed by atoms with Crippen molar-refractivity contribution in [1.82, 2.24) is 0 Å². The molecule has 0 aliphatic rings. The fourth-order valence-corrected chi connectivity index (χ4v) is 3.00. The van der Waals surface area contributed by atoms with Gasteiger partial charge in [0.1, 0.15) is 11.2 Å². The second kappa shape index (κ2) is 6.35. The summed E-state index contributed by atoms with van der Waals surface area (Å²) in [5.74, 6) is 0. The van der Waals surface area contributed by atoms with E-state index in [-0.39, 0.29) is 0 Å². The van der Waals surface area contributed by atoms with Gasteiger partial charge in [0.25, 0.3) is 0 Å². The lowest BCUT2D eigenvalue weighted by atomic mass is 9.86. The Balaban J connectivity index is 3.30. The lowest BCUT2D eigenvalue weighted by Gasteiger charge is -2.27. The lowest BCUT2D eigenvalue weighted by molar-refractivity contribution is 0.0773. The second-order valence-corrected chi connectivity index (χ2v) is 6.54. The van der Waals surface area contributed by atoms with Crippen LogP contribution < -0.4 is 0 Å². The minimum Gasteiger partial charge on any atom is -0.133 e. The van der Waals surface area contributed by atoms with E-state index in [0.717, 1.165) is 0 Å². The third kappa shape index (κ3) is 4.38. The molecule has 110 valence electrons. The summed E-state index contributed by atoms with van der Waals surface area (Å²) in [4.78, 5) is 17.9. The molecule has 20 heavy (non-hydrogen) atoms. The van der Waals surface area contributed by atoms with Gasteiger partial charge in [-0.3, -0.25) is 0 Å². The molecule has 0 aromatic heterocycles. The maximum atomic E-state index is 10.9. The Kier molecular flexibility index (Phi) is 5.50. The van der Waals surface area contributed by atoms with Crippen LogP contribution >= 0.6 is 16.5 Å². The number of rotatable bonds is 6. The van der Waals surface area contributed by atoms with Gasteiger partial charge in [-0.15, -0.1) is 18.8 Å². The summed E-state index contributed by atoms with van der Waals surface area (Å²) in [5, 5.41) is 0. The molecule has 0 saturated heterocycles.